The van der Waals surface area contributed by atoms with Gasteiger partial charge in [0.1, 0.15) is 0 Å². The van der Waals surface area contributed by atoms with E-state index in [4.69, 9.17) is 0 Å². The molecule has 0 aliphatic carbocycles. The van der Waals surface area contributed by atoms with Crippen molar-refractivity contribution in [3.63, 3.8) is 0 Å². The molecule has 6 heteroatoms. The lowest BCUT2D eigenvalue weighted by atomic mass is 9.82. The molecular formula is C21H24N2O4. The smallest absolute Gasteiger partial charge is 0.311 e. The van der Waals surface area contributed by atoms with E-state index in [2.05, 4.69) is 5.32 Å². The summed E-state index contributed by atoms with van der Waals surface area (Å²) in [6, 6.07) is 13.3. The van der Waals surface area contributed by atoms with Crippen LogP contribution in [0.25, 0.3) is 10.8 Å². The fourth-order valence-electron chi connectivity index (χ4n) is 3.50. The second-order valence-electron chi connectivity index (χ2n) is 7.35. The molecule has 2 amide bonds. The van der Waals surface area contributed by atoms with Gasteiger partial charge in [0.05, 0.1) is 5.41 Å². The normalized spacial score (nSPS) is 19.7. The number of amides is 2. The summed E-state index contributed by atoms with van der Waals surface area (Å²) in [7, 11) is 0. The number of fused-ring (bicyclic) bond motifs is 1. The average Bonchev–Trinajstić information content (AvgIpc) is 2.67. The minimum Gasteiger partial charge on any atom is -0.481 e. The summed E-state index contributed by atoms with van der Waals surface area (Å²) in [6.07, 6.45) is 1.41. The Balaban J connectivity index is 1.53. The zero-order valence-electron chi connectivity index (χ0n) is 15.4. The molecule has 0 aromatic heterocycles. The number of benzene rings is 2. The van der Waals surface area contributed by atoms with E-state index in [-0.39, 0.29) is 31.3 Å². The van der Waals surface area contributed by atoms with Crippen molar-refractivity contribution in [1.82, 2.24) is 10.2 Å². The first kappa shape index (κ1) is 18.9. The van der Waals surface area contributed by atoms with Gasteiger partial charge in [0.25, 0.3) is 5.91 Å². The molecule has 6 nitrogen and oxygen atoms in total. The van der Waals surface area contributed by atoms with Crippen molar-refractivity contribution < 1.29 is 19.5 Å². The van der Waals surface area contributed by atoms with Crippen molar-refractivity contribution in [3.8, 4) is 0 Å². The number of carboxylic acid groups (broad SMARTS) is 1. The van der Waals surface area contributed by atoms with Crippen molar-refractivity contribution in [2.24, 2.45) is 5.41 Å². The van der Waals surface area contributed by atoms with Crippen molar-refractivity contribution in [2.75, 3.05) is 19.6 Å². The molecule has 1 aliphatic heterocycles. The van der Waals surface area contributed by atoms with Crippen molar-refractivity contribution in [1.29, 1.82) is 0 Å². The number of carboxylic acids is 1. The van der Waals surface area contributed by atoms with Gasteiger partial charge >= 0.3 is 5.97 Å². The second-order valence-corrected chi connectivity index (χ2v) is 7.35. The number of hydrogen-bond donors (Lipinski definition) is 2. The van der Waals surface area contributed by atoms with E-state index in [1.54, 1.807) is 17.9 Å². The number of nitrogens with one attached hydrogen (secondary N) is 1. The Morgan fingerprint density at radius 3 is 2.63 bits per heavy atom. The van der Waals surface area contributed by atoms with Crippen LogP contribution in [0.3, 0.4) is 0 Å². The van der Waals surface area contributed by atoms with Gasteiger partial charge in [0.15, 0.2) is 0 Å². The van der Waals surface area contributed by atoms with Gasteiger partial charge in [-0.2, -0.15) is 0 Å². The van der Waals surface area contributed by atoms with E-state index < -0.39 is 11.4 Å². The minimum absolute atomic E-state index is 0.124. The summed E-state index contributed by atoms with van der Waals surface area (Å²) < 4.78 is 0. The molecule has 0 saturated carbocycles. The van der Waals surface area contributed by atoms with Crippen LogP contribution in [0.15, 0.2) is 42.5 Å². The number of hydrogen-bond acceptors (Lipinski definition) is 3. The van der Waals surface area contributed by atoms with Crippen molar-refractivity contribution in [3.05, 3.63) is 48.0 Å². The number of rotatable bonds is 5. The Kier molecular flexibility index (Phi) is 5.44. The molecule has 2 N–H and O–H groups in total. The van der Waals surface area contributed by atoms with E-state index in [0.717, 1.165) is 10.8 Å². The summed E-state index contributed by atoms with van der Waals surface area (Å²) >= 11 is 0. The van der Waals surface area contributed by atoms with Crippen LogP contribution in [0.4, 0.5) is 0 Å². The quantitative estimate of drug-likeness (QED) is 0.849. The van der Waals surface area contributed by atoms with Gasteiger partial charge in [-0.3, -0.25) is 14.4 Å². The molecule has 0 bridgehead atoms. The van der Waals surface area contributed by atoms with Crippen molar-refractivity contribution >= 4 is 28.6 Å². The van der Waals surface area contributed by atoms with Crippen LogP contribution >= 0.6 is 0 Å². The lowest BCUT2D eigenvalue weighted by molar-refractivity contribution is -0.153. The third-order valence-electron chi connectivity index (χ3n) is 5.20. The standard InChI is InChI=1S/C21H24N2O4/c1-21(20(26)27)10-4-12-23(14-21)18(24)9-11-22-19(25)17-8-7-15-5-2-3-6-16(15)13-17/h2-3,5-8,13H,4,9-12,14H2,1H3,(H,22,25)(H,26,27). The van der Waals surface area contributed by atoms with Gasteiger partial charge in [-0.05, 0) is 42.7 Å². The van der Waals surface area contributed by atoms with E-state index >= 15 is 0 Å². The van der Waals surface area contributed by atoms with E-state index in [0.29, 0.717) is 24.9 Å². The average molecular weight is 368 g/mol. The molecule has 0 radical (unpaired) electrons. The largest absolute Gasteiger partial charge is 0.481 e. The number of likely N-dealkylation sites (tertiary alicyclic amines) is 1. The molecule has 2 aromatic rings. The number of nitrogens with zero attached hydrogens (tertiary/aromatic N) is 1. The van der Waals surface area contributed by atoms with Crippen LogP contribution in [-0.2, 0) is 9.59 Å². The molecular weight excluding hydrogens is 344 g/mol. The Morgan fingerprint density at radius 2 is 1.89 bits per heavy atom. The first-order valence-corrected chi connectivity index (χ1v) is 9.17. The molecule has 27 heavy (non-hydrogen) atoms. The predicted octanol–water partition coefficient (Wildman–Crippen LogP) is 2.67. The maximum absolute atomic E-state index is 12.4. The van der Waals surface area contributed by atoms with E-state index in [1.807, 2.05) is 36.4 Å². The molecule has 1 unspecified atom stereocenters. The van der Waals surface area contributed by atoms with Crippen LogP contribution in [0.5, 0.6) is 0 Å². The molecule has 1 fully saturated rings. The molecule has 1 heterocycles. The summed E-state index contributed by atoms with van der Waals surface area (Å²) in [5, 5.41) is 14.2. The number of piperidine rings is 1. The van der Waals surface area contributed by atoms with Crippen LogP contribution in [0.1, 0.15) is 36.5 Å². The number of carbonyl (C=O) groups excluding carboxylic acids is 2. The van der Waals surface area contributed by atoms with Crippen LogP contribution < -0.4 is 5.32 Å². The summed E-state index contributed by atoms with van der Waals surface area (Å²) in [5.41, 5.74) is -0.333. The Morgan fingerprint density at radius 1 is 1.15 bits per heavy atom. The summed E-state index contributed by atoms with van der Waals surface area (Å²) in [4.78, 5) is 37.7. The highest BCUT2D eigenvalue weighted by Crippen LogP contribution is 2.29. The predicted molar refractivity (Wildman–Crippen MR) is 102 cm³/mol. The highest BCUT2D eigenvalue weighted by molar-refractivity contribution is 5.98. The number of aliphatic carboxylic acids is 1. The lowest BCUT2D eigenvalue weighted by Crippen LogP contribution is -2.48. The summed E-state index contributed by atoms with van der Waals surface area (Å²) in [5.74, 6) is -1.21. The second kappa shape index (κ2) is 7.78. The van der Waals surface area contributed by atoms with Gasteiger partial charge in [-0.1, -0.05) is 30.3 Å². The lowest BCUT2D eigenvalue weighted by Gasteiger charge is -2.37. The van der Waals surface area contributed by atoms with Crippen LogP contribution in [0, 0.1) is 5.41 Å². The Bertz CT molecular complexity index is 879. The molecule has 1 aliphatic rings. The molecule has 3 rings (SSSR count). The maximum atomic E-state index is 12.4. The third-order valence-corrected chi connectivity index (χ3v) is 5.20. The van der Waals surface area contributed by atoms with E-state index in [1.165, 1.54) is 0 Å². The van der Waals surface area contributed by atoms with Gasteiger partial charge < -0.3 is 15.3 Å². The van der Waals surface area contributed by atoms with Crippen LogP contribution in [0.2, 0.25) is 0 Å². The first-order valence-electron chi connectivity index (χ1n) is 9.17. The monoisotopic (exact) mass is 368 g/mol. The topological polar surface area (TPSA) is 86.7 Å². The number of carbonyl (C=O) groups is 3. The zero-order valence-corrected chi connectivity index (χ0v) is 15.4. The highest BCUT2D eigenvalue weighted by atomic mass is 16.4. The molecule has 142 valence electrons. The molecule has 0 spiro atoms. The van der Waals surface area contributed by atoms with Gasteiger partial charge in [-0.15, -0.1) is 0 Å². The van der Waals surface area contributed by atoms with Crippen molar-refractivity contribution in [2.45, 2.75) is 26.2 Å². The Labute approximate surface area is 158 Å². The highest BCUT2D eigenvalue weighted by Gasteiger charge is 2.39. The fraction of sp³-hybridized carbons (Fsp3) is 0.381. The van der Waals surface area contributed by atoms with Gasteiger partial charge in [-0.25, -0.2) is 0 Å². The minimum atomic E-state index is -0.887. The first-order chi connectivity index (χ1) is 12.9. The molecule has 2 aromatic carbocycles. The van der Waals surface area contributed by atoms with Gasteiger partial charge in [0, 0.05) is 31.6 Å². The third kappa shape index (κ3) is 4.27. The SMILES string of the molecule is CC1(C(=O)O)CCCN(C(=O)CCNC(=O)c2ccc3ccccc3c2)C1. The summed E-state index contributed by atoms with van der Waals surface area (Å²) in [6.45, 7) is 2.70. The maximum Gasteiger partial charge on any atom is 0.311 e. The Hall–Kier alpha value is -2.89. The van der Waals surface area contributed by atoms with Crippen LogP contribution in [-0.4, -0.2) is 47.4 Å². The van der Waals surface area contributed by atoms with E-state index in [9.17, 15) is 19.5 Å². The molecule has 1 atom stereocenters. The zero-order chi connectivity index (χ0) is 19.4. The van der Waals surface area contributed by atoms with Gasteiger partial charge in [0.2, 0.25) is 5.91 Å². The molecule has 1 saturated heterocycles. The fourth-order valence-corrected chi connectivity index (χ4v) is 3.50.